The molecule has 1 amide bonds. The van der Waals surface area contributed by atoms with E-state index in [1.165, 1.54) is 24.1 Å². The van der Waals surface area contributed by atoms with Crippen LogP contribution in [0, 0.1) is 0 Å². The Labute approximate surface area is 263 Å². The second-order valence-corrected chi connectivity index (χ2v) is 13.0. The number of halogens is 1. The van der Waals surface area contributed by atoms with Crippen molar-refractivity contribution in [3.8, 4) is 0 Å². The zero-order valence-corrected chi connectivity index (χ0v) is 26.1. The number of hydrogen-bond donors (Lipinski definition) is 3. The first-order valence-electron chi connectivity index (χ1n) is 15.8. The van der Waals surface area contributed by atoms with Crippen molar-refractivity contribution in [2.24, 2.45) is 5.73 Å². The van der Waals surface area contributed by atoms with Crippen LogP contribution in [-0.2, 0) is 4.74 Å². The number of epoxide rings is 1. The van der Waals surface area contributed by atoms with Crippen LogP contribution in [0.3, 0.4) is 0 Å². The molecule has 7 rings (SSSR count). The number of nitrogens with one attached hydrogen (secondary N) is 2. The van der Waals surface area contributed by atoms with Gasteiger partial charge in [0.15, 0.2) is 5.82 Å². The van der Waals surface area contributed by atoms with Crippen LogP contribution in [0.15, 0.2) is 48.7 Å². The Morgan fingerprint density at radius 3 is 2.48 bits per heavy atom. The molecule has 3 aliphatic heterocycles. The third-order valence-electron chi connectivity index (χ3n) is 9.47. The highest BCUT2D eigenvalue weighted by molar-refractivity contribution is 6.33. The van der Waals surface area contributed by atoms with Crippen molar-refractivity contribution in [2.75, 3.05) is 54.9 Å². The monoisotopic (exact) mass is 616 g/mol. The number of benzene rings is 2. The molecule has 0 bridgehead atoms. The minimum Gasteiger partial charge on any atom is -0.369 e. The van der Waals surface area contributed by atoms with Crippen LogP contribution in [0.4, 0.5) is 23.0 Å². The molecule has 1 aromatic heterocycles. The Bertz CT molecular complexity index is 1510. The lowest BCUT2D eigenvalue weighted by molar-refractivity contribution is 0.0924. The van der Waals surface area contributed by atoms with E-state index in [4.69, 9.17) is 32.0 Å². The average molecular weight is 617 g/mol. The molecule has 3 saturated heterocycles. The summed E-state index contributed by atoms with van der Waals surface area (Å²) in [5.74, 6) is 1.83. The lowest BCUT2D eigenvalue weighted by atomic mass is 9.96. The third-order valence-corrected chi connectivity index (χ3v) is 9.78. The summed E-state index contributed by atoms with van der Waals surface area (Å²) >= 11 is 6.55. The van der Waals surface area contributed by atoms with Gasteiger partial charge in [-0.1, -0.05) is 17.7 Å². The van der Waals surface area contributed by atoms with E-state index in [1.807, 2.05) is 18.2 Å². The number of ether oxygens (including phenoxy) is 1. The van der Waals surface area contributed by atoms with Gasteiger partial charge >= 0.3 is 0 Å². The SMILES string of the molecule is C[C@@H]1[C@H](NC(=O)c2ccc(C3CC3)cc2Cl)CCCN1c1cnc(C2OC2N)c(Nc2ccc(N3CCN(C)CC3)cc2)n1. The first-order valence-corrected chi connectivity index (χ1v) is 16.2. The quantitative estimate of drug-likeness (QED) is 0.311. The van der Waals surface area contributed by atoms with Gasteiger partial charge in [0, 0.05) is 56.2 Å². The number of piperazine rings is 1. The van der Waals surface area contributed by atoms with E-state index in [0.717, 1.165) is 57.1 Å². The molecule has 4 fully saturated rings. The minimum absolute atomic E-state index is 0.00696. The van der Waals surface area contributed by atoms with Crippen molar-refractivity contribution in [3.63, 3.8) is 0 Å². The molecular formula is C33H41ClN8O2. The van der Waals surface area contributed by atoms with Gasteiger partial charge in [-0.2, -0.15) is 0 Å². The maximum atomic E-state index is 13.3. The number of carbonyl (C=O) groups excluding carboxylic acids is 1. The number of nitrogens with zero attached hydrogens (tertiary/aromatic N) is 5. The molecule has 11 heteroatoms. The molecule has 2 unspecified atom stereocenters. The van der Waals surface area contributed by atoms with Crippen LogP contribution in [0.1, 0.15) is 66.2 Å². The fraction of sp³-hybridized carbons (Fsp3) is 0.485. The molecule has 2 aromatic carbocycles. The predicted molar refractivity (Wildman–Crippen MR) is 174 cm³/mol. The van der Waals surface area contributed by atoms with Crippen molar-refractivity contribution < 1.29 is 9.53 Å². The zero-order chi connectivity index (χ0) is 30.4. The van der Waals surface area contributed by atoms with Crippen LogP contribution in [-0.4, -0.2) is 78.9 Å². The molecule has 1 saturated carbocycles. The van der Waals surface area contributed by atoms with Gasteiger partial charge in [-0.05, 0) is 87.5 Å². The third kappa shape index (κ3) is 6.21. The van der Waals surface area contributed by atoms with E-state index in [1.54, 1.807) is 6.20 Å². The molecular weight excluding hydrogens is 576 g/mol. The van der Waals surface area contributed by atoms with Crippen LogP contribution in [0.5, 0.6) is 0 Å². The summed E-state index contributed by atoms with van der Waals surface area (Å²) in [5.41, 5.74) is 10.6. The van der Waals surface area contributed by atoms with E-state index < -0.39 is 0 Å². The van der Waals surface area contributed by atoms with E-state index in [-0.39, 0.29) is 30.3 Å². The number of piperidine rings is 1. The van der Waals surface area contributed by atoms with Crippen molar-refractivity contribution >= 4 is 40.5 Å². The average Bonchev–Trinajstić information content (AvgIpc) is 3.96. The summed E-state index contributed by atoms with van der Waals surface area (Å²) < 4.78 is 5.58. The van der Waals surface area contributed by atoms with E-state index >= 15 is 0 Å². The lowest BCUT2D eigenvalue weighted by Crippen LogP contribution is -2.54. The molecule has 3 aromatic rings. The second kappa shape index (κ2) is 12.2. The molecule has 4 N–H and O–H groups in total. The van der Waals surface area contributed by atoms with Gasteiger partial charge in [-0.3, -0.25) is 9.78 Å². The van der Waals surface area contributed by atoms with Gasteiger partial charge in [0.05, 0.1) is 16.8 Å². The standard InChI is InChI=1S/C33H41ClN8O2/c1-20-27(38-33(43)25-12-7-22(18-26(25)34)21-5-6-21)4-3-13-42(20)28-19-36-29(30-31(35)44-30)32(39-28)37-23-8-10-24(11-9-23)41-16-14-40(2)15-17-41/h7-12,18-21,27,30-31H,3-6,13-17,35H2,1-2H3,(H,37,39)(H,38,43)/t20-,27-,30?,31?/m1/s1. The number of hydrogen-bond acceptors (Lipinski definition) is 9. The predicted octanol–water partition coefficient (Wildman–Crippen LogP) is 4.65. The van der Waals surface area contributed by atoms with Crippen LogP contribution < -0.4 is 26.2 Å². The second-order valence-electron chi connectivity index (χ2n) is 12.6. The van der Waals surface area contributed by atoms with Crippen molar-refractivity contribution in [1.82, 2.24) is 20.2 Å². The Balaban J connectivity index is 1.07. The fourth-order valence-electron chi connectivity index (χ4n) is 6.42. The summed E-state index contributed by atoms with van der Waals surface area (Å²) in [5, 5.41) is 7.25. The van der Waals surface area contributed by atoms with Crippen LogP contribution in [0.2, 0.25) is 5.02 Å². The largest absolute Gasteiger partial charge is 0.369 e. The van der Waals surface area contributed by atoms with Gasteiger partial charge in [-0.15, -0.1) is 0 Å². The van der Waals surface area contributed by atoms with Gasteiger partial charge in [0.25, 0.3) is 5.91 Å². The molecule has 4 atom stereocenters. The number of rotatable bonds is 8. The summed E-state index contributed by atoms with van der Waals surface area (Å²) in [7, 11) is 2.16. The maximum Gasteiger partial charge on any atom is 0.253 e. The number of aromatic nitrogens is 2. The first-order chi connectivity index (χ1) is 21.3. The number of likely N-dealkylation sites (N-methyl/N-ethyl adjacent to an activating group) is 1. The first kappa shape index (κ1) is 29.3. The highest BCUT2D eigenvalue weighted by Gasteiger charge is 2.41. The summed E-state index contributed by atoms with van der Waals surface area (Å²) in [6, 6.07) is 14.3. The molecule has 232 valence electrons. The number of anilines is 4. The molecule has 0 radical (unpaired) electrons. The van der Waals surface area contributed by atoms with Gasteiger partial charge < -0.3 is 35.8 Å². The molecule has 4 heterocycles. The minimum atomic E-state index is -0.381. The van der Waals surface area contributed by atoms with E-state index in [9.17, 15) is 4.79 Å². The van der Waals surface area contributed by atoms with E-state index in [2.05, 4.69) is 63.6 Å². The highest BCUT2D eigenvalue weighted by Crippen LogP contribution is 2.41. The molecule has 0 spiro atoms. The smallest absolute Gasteiger partial charge is 0.253 e. The Morgan fingerprint density at radius 1 is 1.05 bits per heavy atom. The van der Waals surface area contributed by atoms with Crippen LogP contribution >= 0.6 is 11.6 Å². The fourth-order valence-corrected chi connectivity index (χ4v) is 6.70. The Kier molecular flexibility index (Phi) is 8.09. The zero-order valence-electron chi connectivity index (χ0n) is 25.4. The van der Waals surface area contributed by atoms with Gasteiger partial charge in [0.2, 0.25) is 0 Å². The van der Waals surface area contributed by atoms with Crippen LogP contribution in [0.25, 0.3) is 0 Å². The van der Waals surface area contributed by atoms with E-state index in [0.29, 0.717) is 28.0 Å². The van der Waals surface area contributed by atoms with Gasteiger partial charge in [0.1, 0.15) is 23.8 Å². The molecule has 4 aliphatic rings. The maximum absolute atomic E-state index is 13.3. The van der Waals surface area contributed by atoms with Crippen molar-refractivity contribution in [1.29, 1.82) is 0 Å². The summed E-state index contributed by atoms with van der Waals surface area (Å²) in [6.07, 6.45) is 5.31. The Morgan fingerprint density at radius 2 is 1.80 bits per heavy atom. The van der Waals surface area contributed by atoms with Crippen molar-refractivity contribution in [2.45, 2.75) is 62.9 Å². The molecule has 10 nitrogen and oxygen atoms in total. The van der Waals surface area contributed by atoms with Crippen molar-refractivity contribution in [3.05, 3.63) is 70.5 Å². The topological polar surface area (TPSA) is 115 Å². The normalized spacial score (nSPS) is 25.5. The highest BCUT2D eigenvalue weighted by atomic mass is 35.5. The summed E-state index contributed by atoms with van der Waals surface area (Å²) in [6.45, 7) is 7.11. The van der Waals surface area contributed by atoms with Gasteiger partial charge in [-0.25, -0.2) is 4.98 Å². The number of carbonyl (C=O) groups is 1. The number of amides is 1. The Hall–Kier alpha value is -3.44. The number of nitrogens with two attached hydrogens (primary N) is 1. The lowest BCUT2D eigenvalue weighted by Gasteiger charge is -2.40. The summed E-state index contributed by atoms with van der Waals surface area (Å²) in [4.78, 5) is 30.1. The molecule has 44 heavy (non-hydrogen) atoms. The molecule has 1 aliphatic carbocycles.